The minimum absolute atomic E-state index is 0.0951. The van der Waals surface area contributed by atoms with Crippen LogP contribution in [0.3, 0.4) is 0 Å². The first-order valence-electron chi connectivity index (χ1n) is 5.72. The number of carbonyl (C=O) groups excluding carboxylic acids is 2. The van der Waals surface area contributed by atoms with Gasteiger partial charge in [-0.3, -0.25) is 9.59 Å². The van der Waals surface area contributed by atoms with Crippen LogP contribution in [0.2, 0.25) is 0 Å². The molecule has 0 saturated heterocycles. The lowest BCUT2D eigenvalue weighted by Crippen LogP contribution is -2.47. The molecule has 0 heterocycles. The first-order chi connectivity index (χ1) is 8.25. The second kappa shape index (κ2) is 7.52. The molecule has 7 heteroatoms. The average molecular weight is 259 g/mol. The molecule has 2 N–H and O–H groups in total. The van der Waals surface area contributed by atoms with Crippen molar-refractivity contribution >= 4 is 17.9 Å². The molecular weight excluding hydrogens is 238 g/mol. The zero-order chi connectivity index (χ0) is 14.3. The summed E-state index contributed by atoms with van der Waals surface area (Å²) in [5, 5.41) is 11.1. The van der Waals surface area contributed by atoms with E-state index in [4.69, 9.17) is 5.11 Å². The van der Waals surface area contributed by atoms with Gasteiger partial charge in [0, 0.05) is 26.7 Å². The monoisotopic (exact) mass is 259 g/mol. The van der Waals surface area contributed by atoms with Crippen LogP contribution < -0.4 is 5.32 Å². The summed E-state index contributed by atoms with van der Waals surface area (Å²) in [7, 11) is 3.19. The van der Waals surface area contributed by atoms with Crippen molar-refractivity contribution in [1.29, 1.82) is 0 Å². The van der Waals surface area contributed by atoms with Gasteiger partial charge in [0.2, 0.25) is 5.91 Å². The highest BCUT2D eigenvalue weighted by atomic mass is 16.4. The topological polar surface area (TPSA) is 90.0 Å². The zero-order valence-corrected chi connectivity index (χ0v) is 11.3. The maximum atomic E-state index is 11.8. The summed E-state index contributed by atoms with van der Waals surface area (Å²) in [5.74, 6) is -1.18. The Morgan fingerprint density at radius 1 is 1.22 bits per heavy atom. The molecule has 18 heavy (non-hydrogen) atoms. The molecule has 0 spiro atoms. The van der Waals surface area contributed by atoms with Gasteiger partial charge < -0.3 is 20.2 Å². The number of carboxylic acid groups (broad SMARTS) is 1. The van der Waals surface area contributed by atoms with Crippen LogP contribution in [0.25, 0.3) is 0 Å². The molecule has 3 amide bonds. The number of hydrogen-bond donors (Lipinski definition) is 2. The van der Waals surface area contributed by atoms with E-state index in [0.717, 1.165) is 0 Å². The molecule has 104 valence electrons. The van der Waals surface area contributed by atoms with Crippen molar-refractivity contribution in [2.45, 2.75) is 26.3 Å². The van der Waals surface area contributed by atoms with E-state index in [9.17, 15) is 14.4 Å². The van der Waals surface area contributed by atoms with E-state index in [0.29, 0.717) is 0 Å². The minimum Gasteiger partial charge on any atom is -0.481 e. The summed E-state index contributed by atoms with van der Waals surface area (Å²) in [6, 6.07) is -0.555. The first-order valence-corrected chi connectivity index (χ1v) is 5.72. The third-order valence-corrected chi connectivity index (χ3v) is 2.34. The van der Waals surface area contributed by atoms with Crippen LogP contribution in [-0.4, -0.2) is 66.0 Å². The molecule has 0 radical (unpaired) electrons. The highest BCUT2D eigenvalue weighted by Crippen LogP contribution is 2.00. The number of aliphatic carboxylic acids is 1. The standard InChI is InChI=1S/C11H21N3O4/c1-8(2)14(6-5-10(16)17)11(18)12-7-9(15)13(3)4/h8H,5-7H2,1-4H3,(H,12,18)(H,16,17). The van der Waals surface area contributed by atoms with Gasteiger partial charge in [0.15, 0.2) is 0 Å². The number of likely N-dealkylation sites (N-methyl/N-ethyl adjacent to an activating group) is 1. The second-order valence-corrected chi connectivity index (χ2v) is 4.38. The Kier molecular flexibility index (Phi) is 6.77. The van der Waals surface area contributed by atoms with Crippen molar-refractivity contribution < 1.29 is 19.5 Å². The van der Waals surface area contributed by atoms with Crippen molar-refractivity contribution in [3.63, 3.8) is 0 Å². The maximum absolute atomic E-state index is 11.8. The van der Waals surface area contributed by atoms with Gasteiger partial charge in [0.25, 0.3) is 0 Å². The van der Waals surface area contributed by atoms with Crippen molar-refractivity contribution in [3.8, 4) is 0 Å². The lowest BCUT2D eigenvalue weighted by atomic mass is 10.3. The number of carbonyl (C=O) groups is 3. The molecule has 0 aliphatic rings. The van der Waals surface area contributed by atoms with Crippen LogP contribution in [0.4, 0.5) is 4.79 Å². The summed E-state index contributed by atoms with van der Waals surface area (Å²) >= 11 is 0. The molecule has 0 aliphatic carbocycles. The van der Waals surface area contributed by atoms with Crippen LogP contribution in [-0.2, 0) is 9.59 Å². The summed E-state index contributed by atoms with van der Waals surface area (Å²) in [6.07, 6.45) is -0.118. The third kappa shape index (κ3) is 6.07. The van der Waals surface area contributed by atoms with Gasteiger partial charge in [-0.15, -0.1) is 0 Å². The van der Waals surface area contributed by atoms with Crippen LogP contribution >= 0.6 is 0 Å². The molecule has 0 bridgehead atoms. The highest BCUT2D eigenvalue weighted by Gasteiger charge is 2.18. The van der Waals surface area contributed by atoms with E-state index in [-0.39, 0.29) is 31.5 Å². The predicted octanol–water partition coefficient (Wildman–Crippen LogP) is -0.0307. The zero-order valence-electron chi connectivity index (χ0n) is 11.3. The van der Waals surface area contributed by atoms with Crippen LogP contribution in [0.5, 0.6) is 0 Å². The summed E-state index contributed by atoms with van der Waals surface area (Å²) in [4.78, 5) is 36.3. The number of amides is 3. The van der Waals surface area contributed by atoms with Gasteiger partial charge in [0.1, 0.15) is 0 Å². The molecule has 0 saturated carbocycles. The van der Waals surface area contributed by atoms with Crippen molar-refractivity contribution in [2.75, 3.05) is 27.2 Å². The lowest BCUT2D eigenvalue weighted by Gasteiger charge is -2.26. The summed E-state index contributed by atoms with van der Waals surface area (Å²) in [6.45, 7) is 3.60. The number of carboxylic acids is 1. The molecule has 0 aromatic rings. The Hall–Kier alpha value is -1.79. The van der Waals surface area contributed by atoms with Gasteiger partial charge in [-0.25, -0.2) is 4.79 Å². The van der Waals surface area contributed by atoms with Gasteiger partial charge in [0.05, 0.1) is 13.0 Å². The van der Waals surface area contributed by atoms with E-state index < -0.39 is 12.0 Å². The van der Waals surface area contributed by atoms with E-state index in [1.165, 1.54) is 9.80 Å². The first kappa shape index (κ1) is 16.2. The maximum Gasteiger partial charge on any atom is 0.318 e. The molecule has 0 aromatic heterocycles. The highest BCUT2D eigenvalue weighted by molar-refractivity contribution is 5.84. The molecule has 7 nitrogen and oxygen atoms in total. The fourth-order valence-corrected chi connectivity index (χ4v) is 1.22. The van der Waals surface area contributed by atoms with Crippen LogP contribution in [0, 0.1) is 0 Å². The van der Waals surface area contributed by atoms with Crippen molar-refractivity contribution in [1.82, 2.24) is 15.1 Å². The van der Waals surface area contributed by atoms with Gasteiger partial charge >= 0.3 is 12.0 Å². The fourth-order valence-electron chi connectivity index (χ4n) is 1.22. The molecule has 0 unspecified atom stereocenters. The smallest absolute Gasteiger partial charge is 0.318 e. The van der Waals surface area contributed by atoms with Crippen LogP contribution in [0.15, 0.2) is 0 Å². The van der Waals surface area contributed by atoms with Gasteiger partial charge in [-0.05, 0) is 13.8 Å². The molecule has 0 aromatic carbocycles. The number of nitrogens with one attached hydrogen (secondary N) is 1. The fraction of sp³-hybridized carbons (Fsp3) is 0.727. The quantitative estimate of drug-likeness (QED) is 0.701. The van der Waals surface area contributed by atoms with Gasteiger partial charge in [-0.2, -0.15) is 0 Å². The average Bonchev–Trinajstić information content (AvgIpc) is 2.24. The Morgan fingerprint density at radius 2 is 1.78 bits per heavy atom. The summed E-state index contributed by atoms with van der Waals surface area (Å²) in [5.41, 5.74) is 0. The Balaban J connectivity index is 4.31. The number of hydrogen-bond acceptors (Lipinski definition) is 3. The van der Waals surface area contributed by atoms with E-state index in [1.54, 1.807) is 27.9 Å². The SMILES string of the molecule is CC(C)N(CCC(=O)O)C(=O)NCC(=O)N(C)C. The largest absolute Gasteiger partial charge is 0.481 e. The van der Waals surface area contributed by atoms with E-state index in [1.807, 2.05) is 0 Å². The molecule has 0 rings (SSSR count). The number of nitrogens with zero attached hydrogens (tertiary/aromatic N) is 2. The predicted molar refractivity (Wildman–Crippen MR) is 66.2 cm³/mol. The Bertz CT molecular complexity index is 315. The lowest BCUT2D eigenvalue weighted by molar-refractivity contribution is -0.137. The molecule has 0 atom stereocenters. The van der Waals surface area contributed by atoms with Crippen molar-refractivity contribution in [2.24, 2.45) is 0 Å². The summed E-state index contributed by atoms with van der Waals surface area (Å²) < 4.78 is 0. The van der Waals surface area contributed by atoms with Crippen molar-refractivity contribution in [3.05, 3.63) is 0 Å². The second-order valence-electron chi connectivity index (χ2n) is 4.38. The number of urea groups is 1. The molecule has 0 aliphatic heterocycles. The number of rotatable bonds is 6. The third-order valence-electron chi connectivity index (χ3n) is 2.34. The minimum atomic E-state index is -0.960. The Labute approximate surface area is 107 Å². The van der Waals surface area contributed by atoms with E-state index >= 15 is 0 Å². The molecule has 0 fully saturated rings. The van der Waals surface area contributed by atoms with E-state index in [2.05, 4.69) is 5.32 Å². The molecular formula is C11H21N3O4. The van der Waals surface area contributed by atoms with Gasteiger partial charge in [-0.1, -0.05) is 0 Å². The normalized spacial score (nSPS) is 10.1. The Morgan fingerprint density at radius 3 is 2.17 bits per heavy atom. The van der Waals surface area contributed by atoms with Crippen LogP contribution in [0.1, 0.15) is 20.3 Å².